The molecule has 0 saturated carbocycles. The highest BCUT2D eigenvalue weighted by Crippen LogP contribution is 2.29. The Hall–Kier alpha value is -3.17. The van der Waals surface area contributed by atoms with Crippen molar-refractivity contribution in [2.75, 3.05) is 10.8 Å². The lowest BCUT2D eigenvalue weighted by Crippen LogP contribution is -2.41. The number of benzene rings is 3. The van der Waals surface area contributed by atoms with E-state index in [0.717, 1.165) is 14.3 Å². The molecule has 3 aromatic rings. The number of nitrogens with one attached hydrogen (secondary N) is 1. The van der Waals surface area contributed by atoms with Crippen LogP contribution in [0.25, 0.3) is 0 Å². The number of sulfonamides is 1. The Bertz CT molecular complexity index is 1290. The Morgan fingerprint density at radius 1 is 1.00 bits per heavy atom. The van der Waals surface area contributed by atoms with Gasteiger partial charge in [-0.15, -0.1) is 0 Å². The molecule has 0 aliphatic carbocycles. The van der Waals surface area contributed by atoms with Gasteiger partial charge in [0.2, 0.25) is 5.91 Å². The normalized spacial score (nSPS) is 11.1. The Kier molecular flexibility index (Phi) is 7.55. The molecule has 0 bridgehead atoms. The molecule has 0 atom stereocenters. The van der Waals surface area contributed by atoms with Crippen molar-refractivity contribution in [1.29, 1.82) is 0 Å². The molecule has 0 unspecified atom stereocenters. The Balaban J connectivity index is 1.88. The number of amides is 1. The van der Waals surface area contributed by atoms with Gasteiger partial charge in [-0.3, -0.25) is 9.10 Å². The number of hydrogen-bond acceptors (Lipinski definition) is 4. The van der Waals surface area contributed by atoms with Crippen LogP contribution in [0.15, 0.2) is 76.1 Å². The van der Waals surface area contributed by atoms with Gasteiger partial charge in [-0.05, 0) is 67.4 Å². The number of rotatable bonds is 8. The molecule has 0 aliphatic rings. The predicted molar refractivity (Wildman–Crippen MR) is 130 cm³/mol. The largest absolute Gasteiger partial charge is 0.478 e. The van der Waals surface area contributed by atoms with E-state index in [1.807, 2.05) is 6.92 Å². The number of aryl methyl sites for hydroxylation is 2. The van der Waals surface area contributed by atoms with Crippen molar-refractivity contribution in [3.05, 3.63) is 93.5 Å². The number of halogens is 1. The number of nitrogens with zero attached hydrogens (tertiary/aromatic N) is 1. The molecule has 0 radical (unpaired) electrons. The fraction of sp³-hybridized carbons (Fsp3) is 0.167. The number of carboxylic acid groups (broad SMARTS) is 1. The van der Waals surface area contributed by atoms with Gasteiger partial charge in [0.05, 0.1) is 16.1 Å². The second kappa shape index (κ2) is 10.2. The monoisotopic (exact) mass is 530 g/mol. The summed E-state index contributed by atoms with van der Waals surface area (Å²) in [5.74, 6) is -1.59. The van der Waals surface area contributed by atoms with Crippen LogP contribution in [-0.4, -0.2) is 31.9 Å². The molecule has 0 fully saturated rings. The van der Waals surface area contributed by atoms with Crippen molar-refractivity contribution in [2.24, 2.45) is 0 Å². The minimum absolute atomic E-state index is 0.0672. The van der Waals surface area contributed by atoms with Crippen LogP contribution in [0.2, 0.25) is 0 Å². The van der Waals surface area contributed by atoms with Crippen molar-refractivity contribution in [2.45, 2.75) is 25.3 Å². The molecule has 3 rings (SSSR count). The van der Waals surface area contributed by atoms with Crippen LogP contribution in [0.5, 0.6) is 0 Å². The highest BCUT2D eigenvalue weighted by atomic mass is 79.9. The van der Waals surface area contributed by atoms with Crippen molar-refractivity contribution >= 4 is 43.5 Å². The minimum Gasteiger partial charge on any atom is -0.478 e. The summed E-state index contributed by atoms with van der Waals surface area (Å²) in [7, 11) is -4.02. The topological polar surface area (TPSA) is 104 Å². The van der Waals surface area contributed by atoms with E-state index in [0.29, 0.717) is 16.8 Å². The van der Waals surface area contributed by atoms with E-state index in [1.165, 1.54) is 24.3 Å². The Labute approximate surface area is 201 Å². The quantitative estimate of drug-likeness (QED) is 0.452. The SMILES string of the molecule is Cc1ccc(S(=O)(=O)N(CC(=O)NCc2cccc(C(=O)O)c2)c2ccc(Br)cc2C)cc1. The fourth-order valence-electron chi connectivity index (χ4n) is 3.24. The van der Waals surface area contributed by atoms with Crippen LogP contribution in [0.1, 0.15) is 27.0 Å². The maximum atomic E-state index is 13.5. The van der Waals surface area contributed by atoms with Crippen molar-refractivity contribution < 1.29 is 23.1 Å². The van der Waals surface area contributed by atoms with Crippen LogP contribution in [-0.2, 0) is 21.4 Å². The first-order valence-electron chi connectivity index (χ1n) is 10.0. The number of hydrogen-bond donors (Lipinski definition) is 2. The van der Waals surface area contributed by atoms with Gasteiger partial charge >= 0.3 is 5.97 Å². The molecule has 9 heteroatoms. The van der Waals surface area contributed by atoms with Gasteiger partial charge in [0, 0.05) is 11.0 Å². The van der Waals surface area contributed by atoms with Crippen molar-refractivity contribution in [3.8, 4) is 0 Å². The smallest absolute Gasteiger partial charge is 0.335 e. The zero-order valence-corrected chi connectivity index (χ0v) is 20.5. The highest BCUT2D eigenvalue weighted by Gasteiger charge is 2.28. The maximum Gasteiger partial charge on any atom is 0.335 e. The molecule has 0 aliphatic heterocycles. The van der Waals surface area contributed by atoms with Crippen molar-refractivity contribution in [1.82, 2.24) is 5.32 Å². The minimum atomic E-state index is -4.02. The van der Waals surface area contributed by atoms with Crippen molar-refractivity contribution in [3.63, 3.8) is 0 Å². The van der Waals surface area contributed by atoms with E-state index in [1.54, 1.807) is 49.4 Å². The molecular formula is C24H23BrN2O5S. The van der Waals surface area contributed by atoms with E-state index >= 15 is 0 Å². The third-order valence-corrected chi connectivity index (χ3v) is 7.25. The average Bonchev–Trinajstić information content (AvgIpc) is 2.77. The first-order chi connectivity index (χ1) is 15.6. The van der Waals surface area contributed by atoms with Gasteiger partial charge in [0.1, 0.15) is 6.54 Å². The molecule has 7 nitrogen and oxygen atoms in total. The first-order valence-corrected chi connectivity index (χ1v) is 12.3. The molecule has 0 spiro atoms. The second-order valence-corrected chi connectivity index (χ2v) is 10.3. The molecule has 1 amide bonds. The molecule has 0 saturated heterocycles. The summed E-state index contributed by atoms with van der Waals surface area (Å²) in [5.41, 5.74) is 2.69. The third-order valence-electron chi connectivity index (χ3n) is 4.99. The molecule has 0 aromatic heterocycles. The Morgan fingerprint density at radius 2 is 1.70 bits per heavy atom. The van der Waals surface area contributed by atoms with Gasteiger partial charge in [0.25, 0.3) is 10.0 Å². The summed E-state index contributed by atoms with van der Waals surface area (Å²) in [5, 5.41) is 11.8. The van der Waals surface area contributed by atoms with Crippen LogP contribution >= 0.6 is 15.9 Å². The first kappa shape index (κ1) is 24.5. The number of carboxylic acids is 1. The summed E-state index contributed by atoms with van der Waals surface area (Å²) in [4.78, 5) is 24.0. The molecule has 2 N–H and O–H groups in total. The van der Waals surface area contributed by atoms with Gasteiger partial charge in [-0.2, -0.15) is 0 Å². The number of carbonyl (C=O) groups is 2. The van der Waals surface area contributed by atoms with Gasteiger partial charge in [-0.1, -0.05) is 45.8 Å². The predicted octanol–water partition coefficient (Wildman–Crippen LogP) is 4.28. The number of anilines is 1. The van der Waals surface area contributed by atoms with E-state index in [4.69, 9.17) is 5.11 Å². The molecule has 33 heavy (non-hydrogen) atoms. The summed E-state index contributed by atoms with van der Waals surface area (Å²) in [6.45, 7) is 3.27. The van der Waals surface area contributed by atoms with Crippen LogP contribution in [0.4, 0.5) is 5.69 Å². The summed E-state index contributed by atoms with van der Waals surface area (Å²) in [6.07, 6.45) is 0. The Morgan fingerprint density at radius 3 is 2.33 bits per heavy atom. The molecule has 172 valence electrons. The maximum absolute atomic E-state index is 13.5. The summed E-state index contributed by atoms with van der Waals surface area (Å²) >= 11 is 3.38. The van der Waals surface area contributed by atoms with Gasteiger partial charge in [0.15, 0.2) is 0 Å². The lowest BCUT2D eigenvalue weighted by molar-refractivity contribution is -0.119. The standard InChI is InChI=1S/C24H23BrN2O5S/c1-16-6-9-21(10-7-16)33(31,32)27(22-11-8-20(25)12-17(22)2)15-23(28)26-14-18-4-3-5-19(13-18)24(29)30/h3-13H,14-15H2,1-2H3,(H,26,28)(H,29,30). The lowest BCUT2D eigenvalue weighted by atomic mass is 10.1. The third kappa shape index (κ3) is 6.00. The summed E-state index contributed by atoms with van der Waals surface area (Å²) in [6, 6.07) is 17.8. The van der Waals surface area contributed by atoms with Crippen LogP contribution in [0, 0.1) is 13.8 Å². The average molecular weight is 531 g/mol. The van der Waals surface area contributed by atoms with Crippen LogP contribution < -0.4 is 9.62 Å². The van der Waals surface area contributed by atoms with Gasteiger partial charge < -0.3 is 10.4 Å². The number of aromatic carboxylic acids is 1. The zero-order chi connectivity index (χ0) is 24.2. The number of carbonyl (C=O) groups excluding carboxylic acids is 1. The van der Waals surface area contributed by atoms with Gasteiger partial charge in [-0.25, -0.2) is 13.2 Å². The van der Waals surface area contributed by atoms with E-state index in [2.05, 4.69) is 21.2 Å². The highest BCUT2D eigenvalue weighted by molar-refractivity contribution is 9.10. The molecular weight excluding hydrogens is 508 g/mol. The van der Waals surface area contributed by atoms with Crippen LogP contribution in [0.3, 0.4) is 0 Å². The second-order valence-electron chi connectivity index (χ2n) is 7.54. The lowest BCUT2D eigenvalue weighted by Gasteiger charge is -2.26. The molecule has 0 heterocycles. The fourth-order valence-corrected chi connectivity index (χ4v) is 5.20. The van der Waals surface area contributed by atoms with E-state index in [-0.39, 0.29) is 17.0 Å². The molecule has 3 aromatic carbocycles. The van der Waals surface area contributed by atoms with E-state index in [9.17, 15) is 18.0 Å². The van der Waals surface area contributed by atoms with E-state index < -0.39 is 28.4 Å². The summed E-state index contributed by atoms with van der Waals surface area (Å²) < 4.78 is 28.8. The zero-order valence-electron chi connectivity index (χ0n) is 18.1.